The Morgan fingerprint density at radius 3 is 2.70 bits per heavy atom. The van der Waals surface area contributed by atoms with Crippen LogP contribution in [0.2, 0.25) is 0 Å². The zero-order valence-electron chi connectivity index (χ0n) is 21.9. The summed E-state index contributed by atoms with van der Waals surface area (Å²) in [5, 5.41) is 19.6. The Morgan fingerprint density at radius 1 is 1.08 bits per heavy atom. The molecule has 0 fully saturated rings. The number of nitrogens with zero attached hydrogens (tertiary/aromatic N) is 1. The number of hydrogen-bond donors (Lipinski definition) is 2. The highest BCUT2D eigenvalue weighted by Crippen LogP contribution is 2.48. The molecule has 0 saturated heterocycles. The smallest absolute Gasteiger partial charge is 0.217 e. The fourth-order valence-corrected chi connectivity index (χ4v) is 5.96. The van der Waals surface area contributed by atoms with Crippen LogP contribution in [0.15, 0.2) is 66.8 Å². The number of hydrogen-bond acceptors (Lipinski definition) is 5. The van der Waals surface area contributed by atoms with Crippen LogP contribution in [0, 0.1) is 5.92 Å². The maximum atomic E-state index is 13.0. The molecule has 2 aromatic carbocycles. The van der Waals surface area contributed by atoms with Gasteiger partial charge in [0.2, 0.25) is 5.88 Å². The SMILES string of the molecule is CNCCC(O)(c1cccc2c1=CCCC=2)[C@@H](c1cc2cc(OC)ccc2nc1OC)C1C=CC=CC1. The van der Waals surface area contributed by atoms with Crippen LogP contribution >= 0.6 is 0 Å². The van der Waals surface area contributed by atoms with Crippen molar-refractivity contribution in [2.75, 3.05) is 27.8 Å². The van der Waals surface area contributed by atoms with Gasteiger partial charge in [-0.15, -0.1) is 0 Å². The lowest BCUT2D eigenvalue weighted by Crippen LogP contribution is -2.46. The average Bonchev–Trinajstić information content (AvgIpc) is 2.95. The van der Waals surface area contributed by atoms with Crippen molar-refractivity contribution in [3.05, 3.63) is 88.3 Å². The number of rotatable bonds is 9. The Hall–Kier alpha value is -3.41. The number of fused-ring (bicyclic) bond motifs is 2. The first-order valence-corrected chi connectivity index (χ1v) is 13.1. The Balaban J connectivity index is 1.80. The van der Waals surface area contributed by atoms with Crippen LogP contribution in [0.5, 0.6) is 11.6 Å². The molecule has 0 saturated carbocycles. The van der Waals surface area contributed by atoms with Crippen molar-refractivity contribution in [3.8, 4) is 11.6 Å². The van der Waals surface area contributed by atoms with E-state index in [4.69, 9.17) is 14.5 Å². The van der Waals surface area contributed by atoms with Crippen LogP contribution in [0.1, 0.15) is 42.7 Å². The molecule has 1 aromatic heterocycles. The van der Waals surface area contributed by atoms with Crippen molar-refractivity contribution < 1.29 is 14.6 Å². The molecular weight excluding hydrogens is 460 g/mol. The van der Waals surface area contributed by atoms with E-state index in [1.54, 1.807) is 14.2 Å². The lowest BCUT2D eigenvalue weighted by molar-refractivity contribution is -0.0157. The molecule has 0 spiro atoms. The van der Waals surface area contributed by atoms with Crippen molar-refractivity contribution in [1.29, 1.82) is 0 Å². The molecule has 3 aromatic rings. The summed E-state index contributed by atoms with van der Waals surface area (Å²) in [5.41, 5.74) is 1.54. The first kappa shape index (κ1) is 25.2. The predicted octanol–water partition coefficient (Wildman–Crippen LogP) is 4.32. The standard InChI is InChI=1S/C32H36N2O3/c1-33-19-18-32(35,28-15-9-13-22-10-7-8-14-26(22)28)30(23-11-5-4-6-12-23)27-21-24-20-25(36-2)16-17-29(24)34-31(27)37-3/h4-6,9-11,13-17,20-21,23,30,33,35H,7-8,12,18-19H2,1-3H3/t23?,30-,32?/m1/s1. The molecule has 1 heterocycles. The highest BCUT2D eigenvalue weighted by molar-refractivity contribution is 5.82. The maximum absolute atomic E-state index is 13.0. The number of aromatic nitrogens is 1. The second kappa shape index (κ2) is 10.9. The van der Waals surface area contributed by atoms with E-state index in [0.29, 0.717) is 18.8 Å². The maximum Gasteiger partial charge on any atom is 0.217 e. The minimum atomic E-state index is -1.17. The minimum absolute atomic E-state index is 0.0639. The summed E-state index contributed by atoms with van der Waals surface area (Å²) >= 11 is 0. The minimum Gasteiger partial charge on any atom is -0.497 e. The monoisotopic (exact) mass is 496 g/mol. The van der Waals surface area contributed by atoms with Gasteiger partial charge < -0.3 is 19.9 Å². The number of ether oxygens (including phenoxy) is 2. The van der Waals surface area contributed by atoms with Crippen molar-refractivity contribution in [1.82, 2.24) is 10.3 Å². The molecule has 5 heteroatoms. The van der Waals surface area contributed by atoms with Gasteiger partial charge in [0.15, 0.2) is 0 Å². The van der Waals surface area contributed by atoms with Crippen LogP contribution in [0.25, 0.3) is 23.1 Å². The lowest BCUT2D eigenvalue weighted by atomic mass is 9.67. The van der Waals surface area contributed by atoms with Crippen LogP contribution in [0.4, 0.5) is 0 Å². The molecule has 0 amide bonds. The van der Waals surface area contributed by atoms with Crippen LogP contribution in [-0.2, 0) is 5.60 Å². The second-order valence-electron chi connectivity index (χ2n) is 9.91. The topological polar surface area (TPSA) is 63.6 Å². The summed E-state index contributed by atoms with van der Waals surface area (Å²) in [5.74, 6) is 1.10. The molecule has 0 bridgehead atoms. The lowest BCUT2D eigenvalue weighted by Gasteiger charge is -2.42. The Morgan fingerprint density at radius 2 is 1.95 bits per heavy atom. The van der Waals surface area contributed by atoms with E-state index in [1.807, 2.05) is 25.2 Å². The summed E-state index contributed by atoms with van der Waals surface area (Å²) in [4.78, 5) is 4.90. The van der Waals surface area contributed by atoms with E-state index < -0.39 is 5.60 Å². The molecule has 2 N–H and O–H groups in total. The van der Waals surface area contributed by atoms with Crippen LogP contribution in [-0.4, -0.2) is 37.9 Å². The van der Waals surface area contributed by atoms with Gasteiger partial charge in [-0.1, -0.05) is 54.7 Å². The van der Waals surface area contributed by atoms with E-state index in [9.17, 15) is 5.11 Å². The van der Waals surface area contributed by atoms with Gasteiger partial charge in [0, 0.05) is 16.9 Å². The Labute approximate surface area is 218 Å². The number of methoxy groups -OCH3 is 2. The predicted molar refractivity (Wildman–Crippen MR) is 150 cm³/mol. The van der Waals surface area contributed by atoms with Gasteiger partial charge in [-0.2, -0.15) is 0 Å². The number of benzene rings is 2. The summed E-state index contributed by atoms with van der Waals surface area (Å²) in [6.07, 6.45) is 16.5. The van der Waals surface area contributed by atoms with Crippen LogP contribution in [0.3, 0.4) is 0 Å². The Bertz CT molecular complexity index is 1460. The summed E-state index contributed by atoms with van der Waals surface area (Å²) in [6.45, 7) is 0.670. The van der Waals surface area contributed by atoms with Crippen molar-refractivity contribution in [3.63, 3.8) is 0 Å². The highest BCUT2D eigenvalue weighted by atomic mass is 16.5. The third-order valence-corrected chi connectivity index (χ3v) is 7.74. The van der Waals surface area contributed by atoms with E-state index >= 15 is 0 Å². The summed E-state index contributed by atoms with van der Waals surface area (Å²) < 4.78 is 11.4. The normalized spacial score (nSPS) is 18.9. The highest BCUT2D eigenvalue weighted by Gasteiger charge is 2.45. The van der Waals surface area contributed by atoms with Gasteiger partial charge in [0.05, 0.1) is 25.3 Å². The van der Waals surface area contributed by atoms with Gasteiger partial charge >= 0.3 is 0 Å². The third-order valence-electron chi connectivity index (χ3n) is 7.74. The molecule has 5 nitrogen and oxygen atoms in total. The molecule has 0 aliphatic heterocycles. The van der Waals surface area contributed by atoms with E-state index in [1.165, 1.54) is 5.22 Å². The van der Waals surface area contributed by atoms with E-state index in [2.05, 4.69) is 66.0 Å². The quantitative estimate of drug-likeness (QED) is 0.462. The fourth-order valence-electron chi connectivity index (χ4n) is 5.96. The van der Waals surface area contributed by atoms with E-state index in [-0.39, 0.29) is 11.8 Å². The molecular formula is C32H36N2O3. The van der Waals surface area contributed by atoms with E-state index in [0.717, 1.165) is 52.3 Å². The number of aliphatic hydroxyl groups is 1. The average molecular weight is 497 g/mol. The van der Waals surface area contributed by atoms with Gasteiger partial charge in [-0.3, -0.25) is 0 Å². The zero-order valence-corrected chi connectivity index (χ0v) is 21.9. The molecule has 37 heavy (non-hydrogen) atoms. The Kier molecular flexibility index (Phi) is 7.45. The fraction of sp³-hybridized carbons (Fsp3) is 0.344. The molecule has 2 aliphatic rings. The largest absolute Gasteiger partial charge is 0.497 e. The number of nitrogens with one attached hydrogen (secondary N) is 1. The first-order chi connectivity index (χ1) is 18.1. The van der Waals surface area contributed by atoms with Gasteiger partial charge in [-0.05, 0) is 85.5 Å². The molecule has 5 rings (SSSR count). The molecule has 2 unspecified atom stereocenters. The summed E-state index contributed by atoms with van der Waals surface area (Å²) in [6, 6.07) is 14.3. The molecule has 0 radical (unpaired) electrons. The molecule has 3 atom stereocenters. The van der Waals surface area contributed by atoms with Crippen molar-refractivity contribution in [2.45, 2.75) is 37.2 Å². The van der Waals surface area contributed by atoms with Crippen molar-refractivity contribution in [2.24, 2.45) is 5.92 Å². The van der Waals surface area contributed by atoms with Crippen molar-refractivity contribution >= 4 is 23.1 Å². The van der Waals surface area contributed by atoms with Gasteiger partial charge in [0.1, 0.15) is 5.75 Å². The molecule has 2 aliphatic carbocycles. The third kappa shape index (κ3) is 4.81. The van der Waals surface area contributed by atoms with Crippen LogP contribution < -0.4 is 25.2 Å². The van der Waals surface area contributed by atoms with Gasteiger partial charge in [-0.25, -0.2) is 4.98 Å². The zero-order chi connectivity index (χ0) is 25.8. The first-order valence-electron chi connectivity index (χ1n) is 13.1. The number of pyridine rings is 1. The summed E-state index contributed by atoms with van der Waals surface area (Å²) in [7, 11) is 5.27. The number of allylic oxidation sites excluding steroid dienone is 4. The second-order valence-corrected chi connectivity index (χ2v) is 9.91. The molecule has 192 valence electrons. The van der Waals surface area contributed by atoms with Gasteiger partial charge in [0.25, 0.3) is 0 Å².